The van der Waals surface area contributed by atoms with E-state index in [-0.39, 0.29) is 0 Å². The van der Waals surface area contributed by atoms with E-state index in [1.54, 1.807) is 12.4 Å². The number of aromatic nitrogens is 3. The fourth-order valence-electron chi connectivity index (χ4n) is 1.45. The number of hydrogen-bond donors (Lipinski definition) is 1. The predicted octanol–water partition coefficient (Wildman–Crippen LogP) is 1.87. The molecule has 3 rings (SSSR count). The molecule has 0 saturated heterocycles. The molecule has 5 nitrogen and oxygen atoms in total. The Labute approximate surface area is 90.9 Å². The van der Waals surface area contributed by atoms with Gasteiger partial charge in [0.15, 0.2) is 5.82 Å². The molecule has 0 saturated carbocycles. The summed E-state index contributed by atoms with van der Waals surface area (Å²) in [5.41, 5.74) is 8.52. The summed E-state index contributed by atoms with van der Waals surface area (Å²) >= 11 is 0. The van der Waals surface area contributed by atoms with Gasteiger partial charge in [-0.2, -0.15) is 0 Å². The highest BCUT2D eigenvalue weighted by Crippen LogP contribution is 2.18. The molecular weight excluding hydrogens is 204 g/mol. The minimum Gasteiger partial charge on any atom is -0.399 e. The zero-order chi connectivity index (χ0) is 11.0. The quantitative estimate of drug-likeness (QED) is 0.623. The molecule has 0 aliphatic rings. The Morgan fingerprint density at radius 3 is 2.69 bits per heavy atom. The minimum absolute atomic E-state index is 0.583. The summed E-state index contributed by atoms with van der Waals surface area (Å²) in [4.78, 5) is 8.52. The van der Waals surface area contributed by atoms with Crippen molar-refractivity contribution >= 4 is 16.8 Å². The van der Waals surface area contributed by atoms with Gasteiger partial charge in [0, 0.05) is 11.3 Å². The van der Waals surface area contributed by atoms with Crippen LogP contribution in [-0.4, -0.2) is 15.1 Å². The lowest BCUT2D eigenvalue weighted by molar-refractivity contribution is 0.455. The third-order valence-corrected chi connectivity index (χ3v) is 2.28. The molecule has 1 aromatic carbocycles. The van der Waals surface area contributed by atoms with E-state index in [0.717, 1.165) is 11.3 Å². The fourth-order valence-corrected chi connectivity index (χ4v) is 1.45. The molecule has 0 spiro atoms. The highest BCUT2D eigenvalue weighted by molar-refractivity contribution is 5.73. The van der Waals surface area contributed by atoms with Crippen LogP contribution in [0.3, 0.4) is 0 Å². The average molecular weight is 212 g/mol. The molecule has 0 unspecified atom stereocenters. The van der Waals surface area contributed by atoms with Crippen LogP contribution in [0.4, 0.5) is 5.69 Å². The van der Waals surface area contributed by atoms with Crippen LogP contribution in [0.5, 0.6) is 0 Å². The molecule has 2 heterocycles. The van der Waals surface area contributed by atoms with Gasteiger partial charge >= 0.3 is 0 Å². The van der Waals surface area contributed by atoms with Gasteiger partial charge in [0.05, 0.1) is 12.4 Å². The third kappa shape index (κ3) is 1.38. The molecule has 3 aromatic rings. The molecule has 0 aliphatic carbocycles. The molecular formula is C11H8N4O. The van der Waals surface area contributed by atoms with E-state index in [9.17, 15) is 0 Å². The SMILES string of the molecule is Nc1ccc(-c2ncc3oncc3n2)cc1. The molecule has 2 N–H and O–H groups in total. The lowest BCUT2D eigenvalue weighted by Gasteiger charge is -1.99. The largest absolute Gasteiger partial charge is 0.399 e. The molecule has 0 fully saturated rings. The van der Waals surface area contributed by atoms with Gasteiger partial charge < -0.3 is 10.3 Å². The van der Waals surface area contributed by atoms with Gasteiger partial charge in [0.1, 0.15) is 5.52 Å². The van der Waals surface area contributed by atoms with Crippen molar-refractivity contribution in [2.75, 3.05) is 5.73 Å². The van der Waals surface area contributed by atoms with Gasteiger partial charge in [0.25, 0.3) is 0 Å². The molecule has 0 bridgehead atoms. The third-order valence-electron chi connectivity index (χ3n) is 2.28. The van der Waals surface area contributed by atoms with Crippen LogP contribution in [0, 0.1) is 0 Å². The van der Waals surface area contributed by atoms with Crippen molar-refractivity contribution in [1.29, 1.82) is 0 Å². The van der Waals surface area contributed by atoms with Crippen LogP contribution in [0.2, 0.25) is 0 Å². The van der Waals surface area contributed by atoms with Gasteiger partial charge in [0.2, 0.25) is 5.58 Å². The summed E-state index contributed by atoms with van der Waals surface area (Å²) in [6.45, 7) is 0. The van der Waals surface area contributed by atoms with E-state index in [1.807, 2.05) is 24.3 Å². The van der Waals surface area contributed by atoms with Crippen LogP contribution >= 0.6 is 0 Å². The van der Waals surface area contributed by atoms with E-state index in [0.29, 0.717) is 16.9 Å². The predicted molar refractivity (Wildman–Crippen MR) is 59.4 cm³/mol. The van der Waals surface area contributed by atoms with Gasteiger partial charge in [-0.25, -0.2) is 9.97 Å². The summed E-state index contributed by atoms with van der Waals surface area (Å²) in [6, 6.07) is 7.39. The summed E-state index contributed by atoms with van der Waals surface area (Å²) in [6.07, 6.45) is 3.18. The van der Waals surface area contributed by atoms with Crippen LogP contribution in [0.15, 0.2) is 41.2 Å². The highest BCUT2D eigenvalue weighted by atomic mass is 16.5. The van der Waals surface area contributed by atoms with Crippen molar-refractivity contribution in [3.63, 3.8) is 0 Å². The van der Waals surface area contributed by atoms with Crippen LogP contribution in [-0.2, 0) is 0 Å². The van der Waals surface area contributed by atoms with Crippen molar-refractivity contribution in [3.05, 3.63) is 36.7 Å². The van der Waals surface area contributed by atoms with Crippen molar-refractivity contribution in [2.45, 2.75) is 0 Å². The maximum Gasteiger partial charge on any atom is 0.203 e. The molecule has 0 aliphatic heterocycles. The van der Waals surface area contributed by atoms with Gasteiger partial charge in [-0.1, -0.05) is 5.16 Å². The second-order valence-corrected chi connectivity index (χ2v) is 3.39. The molecule has 2 aromatic heterocycles. The van der Waals surface area contributed by atoms with E-state index in [4.69, 9.17) is 10.3 Å². The van der Waals surface area contributed by atoms with Crippen molar-refractivity contribution in [3.8, 4) is 11.4 Å². The maximum absolute atomic E-state index is 5.61. The highest BCUT2D eigenvalue weighted by Gasteiger charge is 2.05. The number of nitrogens with zero attached hydrogens (tertiary/aromatic N) is 3. The zero-order valence-electron chi connectivity index (χ0n) is 8.29. The second-order valence-electron chi connectivity index (χ2n) is 3.39. The van der Waals surface area contributed by atoms with Gasteiger partial charge in [-0.3, -0.25) is 0 Å². The first-order valence-corrected chi connectivity index (χ1v) is 4.76. The first-order chi connectivity index (χ1) is 7.83. The van der Waals surface area contributed by atoms with E-state index in [2.05, 4.69) is 15.1 Å². The van der Waals surface area contributed by atoms with Gasteiger partial charge in [-0.05, 0) is 24.3 Å². The topological polar surface area (TPSA) is 77.8 Å². The summed E-state index contributed by atoms with van der Waals surface area (Å²) in [5.74, 6) is 0.635. The molecule has 0 amide bonds. The van der Waals surface area contributed by atoms with E-state index in [1.165, 1.54) is 0 Å². The number of fused-ring (bicyclic) bond motifs is 1. The normalized spacial score (nSPS) is 10.8. The Bertz CT molecular complexity index is 630. The van der Waals surface area contributed by atoms with Crippen molar-refractivity contribution < 1.29 is 4.52 Å². The average Bonchev–Trinajstić information content (AvgIpc) is 2.77. The Kier molecular flexibility index (Phi) is 1.83. The first kappa shape index (κ1) is 8.84. The lowest BCUT2D eigenvalue weighted by atomic mass is 10.2. The number of nitrogen functional groups attached to an aromatic ring is 1. The van der Waals surface area contributed by atoms with Crippen molar-refractivity contribution in [1.82, 2.24) is 15.1 Å². The van der Waals surface area contributed by atoms with Crippen LogP contribution < -0.4 is 5.73 Å². The van der Waals surface area contributed by atoms with Crippen LogP contribution in [0.1, 0.15) is 0 Å². The first-order valence-electron chi connectivity index (χ1n) is 4.76. The number of rotatable bonds is 1. The fraction of sp³-hybridized carbons (Fsp3) is 0. The lowest BCUT2D eigenvalue weighted by Crippen LogP contribution is -1.89. The summed E-state index contributed by atoms with van der Waals surface area (Å²) in [7, 11) is 0. The Morgan fingerprint density at radius 2 is 1.88 bits per heavy atom. The molecule has 16 heavy (non-hydrogen) atoms. The van der Waals surface area contributed by atoms with Crippen LogP contribution in [0.25, 0.3) is 22.5 Å². The standard InChI is InChI=1S/C11H8N4O/c12-8-3-1-7(2-4-8)11-13-6-10-9(15-11)5-14-16-10/h1-6H,12H2. The molecule has 5 heteroatoms. The Balaban J connectivity index is 2.14. The number of benzene rings is 1. The van der Waals surface area contributed by atoms with Crippen molar-refractivity contribution in [2.24, 2.45) is 0 Å². The molecule has 0 atom stereocenters. The van der Waals surface area contributed by atoms with Gasteiger partial charge in [-0.15, -0.1) is 0 Å². The maximum atomic E-state index is 5.61. The van der Waals surface area contributed by atoms with E-state index < -0.39 is 0 Å². The smallest absolute Gasteiger partial charge is 0.203 e. The Morgan fingerprint density at radius 1 is 1.06 bits per heavy atom. The summed E-state index contributed by atoms with van der Waals surface area (Å²) < 4.78 is 4.93. The summed E-state index contributed by atoms with van der Waals surface area (Å²) in [5, 5.41) is 3.65. The minimum atomic E-state index is 0.583. The van der Waals surface area contributed by atoms with E-state index >= 15 is 0 Å². The number of nitrogens with two attached hydrogens (primary N) is 1. The zero-order valence-corrected chi connectivity index (χ0v) is 8.29. The number of anilines is 1. The monoisotopic (exact) mass is 212 g/mol. The molecule has 78 valence electrons. The Hall–Kier alpha value is -2.43. The molecule has 0 radical (unpaired) electrons. The number of hydrogen-bond acceptors (Lipinski definition) is 5. The second kappa shape index (κ2) is 3.30.